The maximum Gasteiger partial charge on any atom is 0.253 e. The van der Waals surface area contributed by atoms with Crippen molar-refractivity contribution in [2.24, 2.45) is 13.0 Å². The number of likely N-dealkylation sites (tertiary alicyclic amines) is 1. The molecule has 1 saturated heterocycles. The van der Waals surface area contributed by atoms with E-state index in [0.29, 0.717) is 43.0 Å². The Hall–Kier alpha value is -3.62. The number of anilines is 1. The van der Waals surface area contributed by atoms with Crippen LogP contribution in [0.3, 0.4) is 0 Å². The van der Waals surface area contributed by atoms with Crippen molar-refractivity contribution in [2.45, 2.75) is 12.8 Å². The summed E-state index contributed by atoms with van der Waals surface area (Å²) in [5, 5.41) is 14.4. The lowest BCUT2D eigenvalue weighted by molar-refractivity contribution is -0.121. The van der Waals surface area contributed by atoms with Gasteiger partial charge in [0, 0.05) is 42.9 Å². The molecule has 0 radical (unpaired) electrons. The van der Waals surface area contributed by atoms with E-state index in [-0.39, 0.29) is 23.5 Å². The molecule has 1 N–H and O–H groups in total. The van der Waals surface area contributed by atoms with Crippen molar-refractivity contribution in [1.29, 1.82) is 0 Å². The van der Waals surface area contributed by atoms with E-state index >= 15 is 0 Å². The van der Waals surface area contributed by atoms with E-state index in [1.807, 2.05) is 24.3 Å². The van der Waals surface area contributed by atoms with Gasteiger partial charge >= 0.3 is 0 Å². The highest BCUT2D eigenvalue weighted by Gasteiger charge is 2.28. The van der Waals surface area contributed by atoms with Gasteiger partial charge in [-0.15, -0.1) is 5.10 Å². The number of aromatic nitrogens is 4. The molecule has 1 fully saturated rings. The number of hydrogen-bond donors (Lipinski definition) is 1. The van der Waals surface area contributed by atoms with Crippen LogP contribution in [-0.4, -0.2) is 50.0 Å². The third-order valence-corrected chi connectivity index (χ3v) is 5.25. The summed E-state index contributed by atoms with van der Waals surface area (Å²) in [4.78, 5) is 27.0. The van der Waals surface area contributed by atoms with Crippen LogP contribution >= 0.6 is 0 Å². The second kappa shape index (κ2) is 8.40. The van der Waals surface area contributed by atoms with E-state index in [1.54, 1.807) is 16.6 Å². The molecule has 2 heterocycles. The zero-order chi connectivity index (χ0) is 21.1. The maximum atomic E-state index is 13.1. The van der Waals surface area contributed by atoms with Gasteiger partial charge in [-0.05, 0) is 59.7 Å². The zero-order valence-corrected chi connectivity index (χ0v) is 16.5. The quantitative estimate of drug-likeness (QED) is 0.716. The van der Waals surface area contributed by atoms with Crippen LogP contribution < -0.4 is 5.32 Å². The molecule has 8 nitrogen and oxygen atoms in total. The minimum absolute atomic E-state index is 0.0721. The van der Waals surface area contributed by atoms with Crippen LogP contribution in [0.1, 0.15) is 23.2 Å². The fourth-order valence-electron chi connectivity index (χ4n) is 3.57. The van der Waals surface area contributed by atoms with Crippen LogP contribution in [0.15, 0.2) is 48.5 Å². The number of piperidine rings is 1. The number of aryl methyl sites for hydroxylation is 1. The van der Waals surface area contributed by atoms with Crippen molar-refractivity contribution in [2.75, 3.05) is 18.4 Å². The summed E-state index contributed by atoms with van der Waals surface area (Å²) in [5.41, 5.74) is 1.93. The third-order valence-electron chi connectivity index (χ3n) is 5.25. The van der Waals surface area contributed by atoms with Gasteiger partial charge in [-0.1, -0.05) is 12.1 Å². The summed E-state index contributed by atoms with van der Waals surface area (Å²) >= 11 is 0. The summed E-state index contributed by atoms with van der Waals surface area (Å²) in [6, 6.07) is 12.9. The molecule has 2 aromatic carbocycles. The van der Waals surface area contributed by atoms with E-state index in [4.69, 9.17) is 0 Å². The number of benzene rings is 2. The second-order valence-electron chi connectivity index (χ2n) is 7.27. The number of halogens is 1. The molecule has 2 amide bonds. The molecular weight excluding hydrogens is 387 g/mol. The number of tetrazole rings is 1. The van der Waals surface area contributed by atoms with Crippen molar-refractivity contribution in [3.8, 4) is 11.4 Å². The first-order valence-electron chi connectivity index (χ1n) is 9.70. The zero-order valence-electron chi connectivity index (χ0n) is 16.5. The number of nitrogens with one attached hydrogen (secondary N) is 1. The van der Waals surface area contributed by atoms with E-state index < -0.39 is 0 Å². The smallest absolute Gasteiger partial charge is 0.253 e. The lowest BCUT2D eigenvalue weighted by Crippen LogP contribution is -2.41. The first kappa shape index (κ1) is 19.7. The molecule has 9 heteroatoms. The maximum absolute atomic E-state index is 13.1. The van der Waals surface area contributed by atoms with Crippen LogP contribution in [0.2, 0.25) is 0 Å². The minimum atomic E-state index is -0.374. The molecule has 0 aliphatic carbocycles. The van der Waals surface area contributed by atoms with E-state index in [1.165, 1.54) is 24.3 Å². The van der Waals surface area contributed by atoms with Crippen molar-refractivity contribution in [3.63, 3.8) is 0 Å². The lowest BCUT2D eigenvalue weighted by atomic mass is 9.95. The monoisotopic (exact) mass is 408 g/mol. The number of carbonyl (C=O) groups excluding carboxylic acids is 2. The molecule has 3 aromatic rings. The fourth-order valence-corrected chi connectivity index (χ4v) is 3.57. The Kier molecular flexibility index (Phi) is 5.51. The van der Waals surface area contributed by atoms with Gasteiger partial charge in [0.25, 0.3) is 5.91 Å². The number of hydrogen-bond acceptors (Lipinski definition) is 5. The summed E-state index contributed by atoms with van der Waals surface area (Å²) < 4.78 is 14.6. The molecule has 154 valence electrons. The number of carbonyl (C=O) groups is 2. The Morgan fingerprint density at radius 3 is 2.50 bits per heavy atom. The van der Waals surface area contributed by atoms with Gasteiger partial charge in [-0.2, -0.15) is 0 Å². The molecular formula is C21H21FN6O2. The Morgan fingerprint density at radius 2 is 1.83 bits per heavy atom. The largest absolute Gasteiger partial charge is 0.339 e. The Balaban J connectivity index is 1.35. The predicted octanol–water partition coefficient (Wildman–Crippen LogP) is 2.51. The van der Waals surface area contributed by atoms with Gasteiger partial charge in [0.1, 0.15) is 5.82 Å². The Morgan fingerprint density at radius 1 is 1.10 bits per heavy atom. The number of amides is 2. The number of nitrogens with zero attached hydrogens (tertiary/aromatic N) is 5. The highest BCUT2D eigenvalue weighted by molar-refractivity contribution is 5.95. The van der Waals surface area contributed by atoms with Gasteiger partial charge in [0.05, 0.1) is 0 Å². The first-order valence-corrected chi connectivity index (χ1v) is 9.70. The molecule has 0 saturated carbocycles. The second-order valence-corrected chi connectivity index (χ2v) is 7.27. The highest BCUT2D eigenvalue weighted by Crippen LogP contribution is 2.23. The fraction of sp³-hybridized carbons (Fsp3) is 0.286. The van der Waals surface area contributed by atoms with Gasteiger partial charge in [0.15, 0.2) is 5.82 Å². The first-order chi connectivity index (χ1) is 14.5. The average molecular weight is 408 g/mol. The van der Waals surface area contributed by atoms with Crippen molar-refractivity contribution in [3.05, 3.63) is 59.9 Å². The molecule has 1 aliphatic rings. The Bertz CT molecular complexity index is 1060. The molecule has 0 bridgehead atoms. The van der Waals surface area contributed by atoms with E-state index in [9.17, 15) is 14.0 Å². The van der Waals surface area contributed by atoms with E-state index in [2.05, 4.69) is 20.8 Å². The summed E-state index contributed by atoms with van der Waals surface area (Å²) in [6.45, 7) is 0.970. The van der Waals surface area contributed by atoms with Gasteiger partial charge in [0.2, 0.25) is 5.91 Å². The highest BCUT2D eigenvalue weighted by atomic mass is 19.1. The molecule has 1 aromatic heterocycles. The average Bonchev–Trinajstić information content (AvgIpc) is 3.20. The number of rotatable bonds is 4. The molecule has 0 atom stereocenters. The lowest BCUT2D eigenvalue weighted by Gasteiger charge is -2.31. The minimum Gasteiger partial charge on any atom is -0.339 e. The predicted molar refractivity (Wildman–Crippen MR) is 108 cm³/mol. The van der Waals surface area contributed by atoms with Crippen molar-refractivity contribution in [1.82, 2.24) is 25.1 Å². The molecule has 0 spiro atoms. The SMILES string of the molecule is Cn1nnnc1-c1cccc(NC(=O)C2CCN(C(=O)c3ccc(F)cc3)CC2)c1. The standard InChI is InChI=1S/C21H21FN6O2/c1-27-19(24-25-26-27)16-3-2-4-18(13-16)23-20(29)14-9-11-28(12-10-14)21(30)15-5-7-17(22)8-6-15/h2-8,13-14H,9-12H2,1H3,(H,23,29). The summed E-state index contributed by atoms with van der Waals surface area (Å²) in [7, 11) is 1.75. The van der Waals surface area contributed by atoms with Crippen molar-refractivity contribution >= 4 is 17.5 Å². The van der Waals surface area contributed by atoms with Crippen LogP contribution in [-0.2, 0) is 11.8 Å². The molecule has 30 heavy (non-hydrogen) atoms. The van der Waals surface area contributed by atoms with Crippen LogP contribution in [0, 0.1) is 11.7 Å². The van der Waals surface area contributed by atoms with Crippen LogP contribution in [0.5, 0.6) is 0 Å². The van der Waals surface area contributed by atoms with Gasteiger partial charge < -0.3 is 10.2 Å². The van der Waals surface area contributed by atoms with Crippen LogP contribution in [0.4, 0.5) is 10.1 Å². The molecule has 1 aliphatic heterocycles. The van der Waals surface area contributed by atoms with Gasteiger partial charge in [-0.25, -0.2) is 9.07 Å². The topological polar surface area (TPSA) is 93.0 Å². The third kappa shape index (κ3) is 4.19. The molecule has 0 unspecified atom stereocenters. The summed E-state index contributed by atoms with van der Waals surface area (Å²) in [6.07, 6.45) is 1.15. The normalized spacial score (nSPS) is 14.5. The van der Waals surface area contributed by atoms with E-state index in [0.717, 1.165) is 5.56 Å². The van der Waals surface area contributed by atoms with Gasteiger partial charge in [-0.3, -0.25) is 9.59 Å². The van der Waals surface area contributed by atoms with Crippen LogP contribution in [0.25, 0.3) is 11.4 Å². The Labute approximate surface area is 172 Å². The molecule has 4 rings (SSSR count). The summed E-state index contributed by atoms with van der Waals surface area (Å²) in [5.74, 6) is -0.154. The van der Waals surface area contributed by atoms with Crippen molar-refractivity contribution < 1.29 is 14.0 Å².